The van der Waals surface area contributed by atoms with Gasteiger partial charge in [-0.25, -0.2) is 9.87 Å². The lowest BCUT2D eigenvalue weighted by Gasteiger charge is -2.14. The maximum absolute atomic E-state index is 13.3. The zero-order chi connectivity index (χ0) is 11.5. The van der Waals surface area contributed by atoms with Crippen molar-refractivity contribution in [1.82, 2.24) is 5.48 Å². The molecule has 1 aromatic rings. The summed E-state index contributed by atoms with van der Waals surface area (Å²) in [5.74, 6) is -0.809. The van der Waals surface area contributed by atoms with Gasteiger partial charge >= 0.3 is 0 Å². The van der Waals surface area contributed by atoms with Crippen molar-refractivity contribution >= 4 is 0 Å². The molecule has 16 heavy (non-hydrogen) atoms. The first-order valence-corrected chi connectivity index (χ1v) is 4.91. The normalized spacial score (nSPS) is 14.6. The van der Waals surface area contributed by atoms with Gasteiger partial charge in [-0.15, -0.1) is 0 Å². The van der Waals surface area contributed by atoms with Gasteiger partial charge in [0.05, 0.1) is 25.3 Å². The highest BCUT2D eigenvalue weighted by atomic mass is 19.1. The Hall–Kier alpha value is -1.53. The highest BCUT2D eigenvalue weighted by Crippen LogP contribution is 2.40. The number of aromatic hydroxyl groups is 1. The molecule has 0 aromatic heterocycles. The average Bonchev–Trinajstić information content (AvgIpc) is 2.50. The van der Waals surface area contributed by atoms with Crippen molar-refractivity contribution in [3.63, 3.8) is 0 Å². The summed E-state index contributed by atoms with van der Waals surface area (Å²) in [5.41, 5.74) is 2.01. The van der Waals surface area contributed by atoms with Crippen molar-refractivity contribution < 1.29 is 24.2 Å². The molecule has 5 nitrogen and oxygen atoms in total. The Morgan fingerprint density at radius 1 is 1.38 bits per heavy atom. The lowest BCUT2D eigenvalue weighted by Crippen LogP contribution is -2.09. The molecule has 0 saturated carbocycles. The molecular weight excluding hydrogens is 217 g/mol. The number of ether oxygens (including phenoxy) is 2. The van der Waals surface area contributed by atoms with Crippen molar-refractivity contribution in [1.29, 1.82) is 0 Å². The van der Waals surface area contributed by atoms with E-state index in [1.54, 1.807) is 0 Å². The number of nitrogens with one attached hydrogen (secondary N) is 1. The molecule has 0 radical (unpaired) electrons. The largest absolute Gasteiger partial charge is 0.504 e. The van der Waals surface area contributed by atoms with Crippen molar-refractivity contribution in [2.75, 3.05) is 13.2 Å². The van der Waals surface area contributed by atoms with Gasteiger partial charge in [0.1, 0.15) is 0 Å². The quantitative estimate of drug-likeness (QED) is 0.664. The van der Waals surface area contributed by atoms with E-state index in [1.165, 1.54) is 0 Å². The fourth-order valence-corrected chi connectivity index (χ4v) is 1.57. The lowest BCUT2D eigenvalue weighted by molar-refractivity contribution is 0.158. The molecule has 0 bridgehead atoms. The van der Waals surface area contributed by atoms with E-state index in [4.69, 9.17) is 14.7 Å². The van der Waals surface area contributed by atoms with Crippen LogP contribution in [-0.4, -0.2) is 23.5 Å². The molecule has 1 aliphatic heterocycles. The van der Waals surface area contributed by atoms with Crippen molar-refractivity contribution in [2.45, 2.75) is 13.0 Å². The topological polar surface area (TPSA) is 71.0 Å². The summed E-state index contributed by atoms with van der Waals surface area (Å²) in [5, 5.41) is 18.1. The van der Waals surface area contributed by atoms with E-state index < -0.39 is 11.6 Å². The third-order valence-corrected chi connectivity index (χ3v) is 2.32. The van der Waals surface area contributed by atoms with Crippen LogP contribution in [0.5, 0.6) is 17.2 Å². The predicted molar refractivity (Wildman–Crippen MR) is 52.3 cm³/mol. The van der Waals surface area contributed by atoms with Gasteiger partial charge < -0.3 is 19.8 Å². The van der Waals surface area contributed by atoms with Gasteiger partial charge in [0, 0.05) is 12.5 Å². The van der Waals surface area contributed by atoms with E-state index in [9.17, 15) is 9.50 Å². The van der Waals surface area contributed by atoms with Crippen LogP contribution in [-0.2, 0) is 6.54 Å². The Labute approximate surface area is 91.4 Å². The summed E-state index contributed by atoms with van der Waals surface area (Å²) < 4.78 is 24.0. The first kappa shape index (κ1) is 11.0. The molecule has 2 rings (SSSR count). The molecule has 0 amide bonds. The van der Waals surface area contributed by atoms with Gasteiger partial charge in [-0.05, 0) is 0 Å². The van der Waals surface area contributed by atoms with Crippen LogP contribution in [0.3, 0.4) is 0 Å². The maximum atomic E-state index is 13.3. The Bertz CT molecular complexity index is 397. The Kier molecular flexibility index (Phi) is 3.12. The standard InChI is InChI=1S/C10H12FNO4/c11-7-4-8-10(16-3-1-2-15-8)6(5-12-14)9(7)13/h4,12-14H,1-3,5H2. The van der Waals surface area contributed by atoms with E-state index >= 15 is 0 Å². The monoisotopic (exact) mass is 229 g/mol. The molecule has 88 valence electrons. The summed E-state index contributed by atoms with van der Waals surface area (Å²) in [4.78, 5) is 0. The molecule has 1 aromatic carbocycles. The van der Waals surface area contributed by atoms with Crippen LogP contribution in [0.25, 0.3) is 0 Å². The van der Waals surface area contributed by atoms with Gasteiger partial charge in [-0.1, -0.05) is 0 Å². The Balaban J connectivity index is 2.51. The van der Waals surface area contributed by atoms with Crippen LogP contribution in [0.15, 0.2) is 6.07 Å². The van der Waals surface area contributed by atoms with Crippen LogP contribution in [0.2, 0.25) is 0 Å². The Morgan fingerprint density at radius 3 is 2.88 bits per heavy atom. The predicted octanol–water partition coefficient (Wildman–Crippen LogP) is 1.17. The molecule has 0 fully saturated rings. The van der Waals surface area contributed by atoms with E-state index in [0.29, 0.717) is 19.6 Å². The highest BCUT2D eigenvalue weighted by Gasteiger charge is 2.21. The summed E-state index contributed by atoms with van der Waals surface area (Å²) in [6, 6.07) is 1.08. The van der Waals surface area contributed by atoms with E-state index in [-0.39, 0.29) is 23.6 Å². The van der Waals surface area contributed by atoms with E-state index in [0.717, 1.165) is 6.07 Å². The van der Waals surface area contributed by atoms with Crippen LogP contribution in [0.4, 0.5) is 4.39 Å². The van der Waals surface area contributed by atoms with Gasteiger partial charge in [-0.3, -0.25) is 0 Å². The number of fused-ring (bicyclic) bond motifs is 1. The zero-order valence-electron chi connectivity index (χ0n) is 8.49. The summed E-state index contributed by atoms with van der Waals surface area (Å²) in [6.07, 6.45) is 0.684. The SMILES string of the molecule is ONCc1c(O)c(F)cc2c1OCCCO2. The van der Waals surface area contributed by atoms with Gasteiger partial charge in [0.25, 0.3) is 0 Å². The Morgan fingerprint density at radius 2 is 2.12 bits per heavy atom. The fraction of sp³-hybridized carbons (Fsp3) is 0.400. The molecule has 0 spiro atoms. The zero-order valence-corrected chi connectivity index (χ0v) is 8.49. The molecular formula is C10H12FNO4. The molecule has 0 saturated heterocycles. The summed E-state index contributed by atoms with van der Waals surface area (Å²) in [6.45, 7) is 0.745. The highest BCUT2D eigenvalue weighted by molar-refractivity contribution is 5.54. The number of hydrogen-bond donors (Lipinski definition) is 3. The second-order valence-electron chi connectivity index (χ2n) is 3.40. The second-order valence-corrected chi connectivity index (χ2v) is 3.40. The average molecular weight is 229 g/mol. The van der Waals surface area contributed by atoms with Gasteiger partial charge in [0.2, 0.25) is 0 Å². The minimum atomic E-state index is -0.797. The number of phenolic OH excluding ortho intramolecular Hbond substituents is 1. The minimum Gasteiger partial charge on any atom is -0.504 e. The maximum Gasteiger partial charge on any atom is 0.169 e. The molecule has 3 N–H and O–H groups in total. The van der Waals surface area contributed by atoms with Crippen LogP contribution < -0.4 is 15.0 Å². The number of rotatable bonds is 2. The van der Waals surface area contributed by atoms with Crippen molar-refractivity contribution in [3.8, 4) is 17.2 Å². The molecule has 1 heterocycles. The smallest absolute Gasteiger partial charge is 0.169 e. The third kappa shape index (κ3) is 1.89. The fourth-order valence-electron chi connectivity index (χ4n) is 1.57. The molecule has 0 aliphatic carbocycles. The number of hydrogen-bond acceptors (Lipinski definition) is 5. The minimum absolute atomic E-state index is 0.116. The van der Waals surface area contributed by atoms with Crippen LogP contribution in [0.1, 0.15) is 12.0 Å². The summed E-state index contributed by atoms with van der Waals surface area (Å²) in [7, 11) is 0. The molecule has 6 heteroatoms. The molecule has 0 atom stereocenters. The van der Waals surface area contributed by atoms with Crippen molar-refractivity contribution in [2.24, 2.45) is 0 Å². The molecule has 1 aliphatic rings. The lowest BCUT2D eigenvalue weighted by atomic mass is 10.1. The van der Waals surface area contributed by atoms with Gasteiger partial charge in [0.15, 0.2) is 23.1 Å². The second kappa shape index (κ2) is 4.54. The number of halogens is 1. The first-order chi connectivity index (χ1) is 7.74. The number of benzene rings is 1. The van der Waals surface area contributed by atoms with E-state index in [2.05, 4.69) is 0 Å². The molecule has 0 unspecified atom stereocenters. The number of phenols is 1. The van der Waals surface area contributed by atoms with Crippen LogP contribution >= 0.6 is 0 Å². The third-order valence-electron chi connectivity index (χ3n) is 2.32. The number of hydroxylamine groups is 1. The van der Waals surface area contributed by atoms with E-state index in [1.807, 2.05) is 5.48 Å². The van der Waals surface area contributed by atoms with Crippen LogP contribution in [0, 0.1) is 5.82 Å². The first-order valence-electron chi connectivity index (χ1n) is 4.91. The van der Waals surface area contributed by atoms with Crippen molar-refractivity contribution in [3.05, 3.63) is 17.4 Å². The van der Waals surface area contributed by atoms with Gasteiger partial charge in [-0.2, -0.15) is 0 Å². The summed E-state index contributed by atoms with van der Waals surface area (Å²) >= 11 is 0.